The zero-order chi connectivity index (χ0) is 15.0. The van der Waals surface area contributed by atoms with Crippen molar-refractivity contribution in [3.05, 3.63) is 26.6 Å². The molecule has 114 valence electrons. The molecular formula is C15H21N3O2S. The van der Waals surface area contributed by atoms with Crippen molar-refractivity contribution >= 4 is 21.6 Å². The van der Waals surface area contributed by atoms with E-state index in [-0.39, 0.29) is 17.7 Å². The van der Waals surface area contributed by atoms with Crippen LogP contribution in [0.25, 0.3) is 10.2 Å². The SMILES string of the molecule is Cc1sc2nc(CNC3CCCCC3O)[nH]c(=O)c2c1C. The van der Waals surface area contributed by atoms with Gasteiger partial charge in [0.05, 0.1) is 18.0 Å². The number of aromatic nitrogens is 2. The summed E-state index contributed by atoms with van der Waals surface area (Å²) < 4.78 is 0. The highest BCUT2D eigenvalue weighted by Gasteiger charge is 2.22. The van der Waals surface area contributed by atoms with Gasteiger partial charge in [0, 0.05) is 10.9 Å². The molecule has 3 rings (SSSR count). The first-order chi connectivity index (χ1) is 10.1. The number of hydrogen-bond donors (Lipinski definition) is 3. The number of nitrogens with zero attached hydrogens (tertiary/aromatic N) is 1. The molecule has 2 aromatic rings. The smallest absolute Gasteiger partial charge is 0.259 e. The number of aliphatic hydroxyl groups excluding tert-OH is 1. The van der Waals surface area contributed by atoms with E-state index in [2.05, 4.69) is 15.3 Å². The van der Waals surface area contributed by atoms with Crippen LogP contribution in [0.1, 0.15) is 41.9 Å². The van der Waals surface area contributed by atoms with Gasteiger partial charge in [-0.15, -0.1) is 11.3 Å². The lowest BCUT2D eigenvalue weighted by Gasteiger charge is -2.28. The minimum Gasteiger partial charge on any atom is -0.392 e. The Morgan fingerprint density at radius 2 is 2.14 bits per heavy atom. The summed E-state index contributed by atoms with van der Waals surface area (Å²) in [5.74, 6) is 0.645. The van der Waals surface area contributed by atoms with Gasteiger partial charge in [-0.05, 0) is 32.3 Å². The lowest BCUT2D eigenvalue weighted by Crippen LogP contribution is -2.42. The molecule has 0 spiro atoms. The third kappa shape index (κ3) is 2.88. The maximum absolute atomic E-state index is 12.2. The van der Waals surface area contributed by atoms with Crippen molar-refractivity contribution in [2.75, 3.05) is 0 Å². The number of hydrogen-bond acceptors (Lipinski definition) is 5. The summed E-state index contributed by atoms with van der Waals surface area (Å²) in [6.45, 7) is 4.46. The third-order valence-electron chi connectivity index (χ3n) is 4.35. The van der Waals surface area contributed by atoms with Gasteiger partial charge < -0.3 is 15.4 Å². The molecule has 0 bridgehead atoms. The minimum absolute atomic E-state index is 0.0668. The van der Waals surface area contributed by atoms with Crippen LogP contribution in [0.5, 0.6) is 0 Å². The second kappa shape index (κ2) is 5.87. The Kier molecular flexibility index (Phi) is 4.10. The van der Waals surface area contributed by atoms with Crippen LogP contribution in [0.4, 0.5) is 0 Å². The van der Waals surface area contributed by atoms with Crippen LogP contribution < -0.4 is 10.9 Å². The largest absolute Gasteiger partial charge is 0.392 e. The summed E-state index contributed by atoms with van der Waals surface area (Å²) in [4.78, 5) is 21.5. The molecule has 21 heavy (non-hydrogen) atoms. The fourth-order valence-corrected chi connectivity index (χ4v) is 4.01. The van der Waals surface area contributed by atoms with E-state index in [1.165, 1.54) is 0 Å². The highest BCUT2D eigenvalue weighted by atomic mass is 32.1. The van der Waals surface area contributed by atoms with Gasteiger partial charge in [-0.2, -0.15) is 0 Å². The normalized spacial score (nSPS) is 22.8. The highest BCUT2D eigenvalue weighted by molar-refractivity contribution is 7.18. The molecule has 1 aliphatic carbocycles. The van der Waals surface area contributed by atoms with E-state index in [0.717, 1.165) is 41.0 Å². The number of fused-ring (bicyclic) bond motifs is 1. The predicted molar refractivity (Wildman–Crippen MR) is 84.8 cm³/mol. The van der Waals surface area contributed by atoms with E-state index in [1.807, 2.05) is 13.8 Å². The summed E-state index contributed by atoms with van der Waals surface area (Å²) in [6.07, 6.45) is 3.77. The van der Waals surface area contributed by atoms with Crippen molar-refractivity contribution in [1.82, 2.24) is 15.3 Å². The summed E-state index contributed by atoms with van der Waals surface area (Å²) in [5.41, 5.74) is 0.953. The second-order valence-electron chi connectivity index (χ2n) is 5.82. The number of H-pyrrole nitrogens is 1. The van der Waals surface area contributed by atoms with Crippen molar-refractivity contribution in [2.45, 2.75) is 58.2 Å². The van der Waals surface area contributed by atoms with Crippen molar-refractivity contribution in [1.29, 1.82) is 0 Å². The number of nitrogens with one attached hydrogen (secondary N) is 2. The third-order valence-corrected chi connectivity index (χ3v) is 5.45. The van der Waals surface area contributed by atoms with E-state index in [9.17, 15) is 9.90 Å². The van der Waals surface area contributed by atoms with Gasteiger partial charge >= 0.3 is 0 Å². The van der Waals surface area contributed by atoms with Crippen molar-refractivity contribution < 1.29 is 5.11 Å². The topological polar surface area (TPSA) is 78.0 Å². The van der Waals surface area contributed by atoms with Crippen LogP contribution in [-0.4, -0.2) is 27.2 Å². The van der Waals surface area contributed by atoms with Crippen LogP contribution in [0, 0.1) is 13.8 Å². The second-order valence-corrected chi connectivity index (χ2v) is 7.02. The molecule has 6 heteroatoms. The summed E-state index contributed by atoms with van der Waals surface area (Å²) in [6, 6.07) is 0.103. The van der Waals surface area contributed by atoms with Gasteiger partial charge in [0.2, 0.25) is 0 Å². The number of aryl methyl sites for hydroxylation is 2. The molecule has 2 aromatic heterocycles. The Labute approximate surface area is 127 Å². The van der Waals surface area contributed by atoms with Gasteiger partial charge in [0.15, 0.2) is 0 Å². The van der Waals surface area contributed by atoms with Gasteiger partial charge in [0.1, 0.15) is 10.7 Å². The quantitative estimate of drug-likeness (QED) is 0.810. The summed E-state index contributed by atoms with van der Waals surface area (Å²) in [5, 5.41) is 14.0. The minimum atomic E-state index is -0.291. The van der Waals surface area contributed by atoms with Crippen molar-refractivity contribution in [2.24, 2.45) is 0 Å². The van der Waals surface area contributed by atoms with Gasteiger partial charge in [-0.3, -0.25) is 4.79 Å². The zero-order valence-corrected chi connectivity index (χ0v) is 13.2. The molecule has 2 heterocycles. The Bertz CT molecular complexity index is 707. The molecule has 1 fully saturated rings. The molecule has 0 aromatic carbocycles. The van der Waals surface area contributed by atoms with Crippen LogP contribution in [0.3, 0.4) is 0 Å². The summed E-state index contributed by atoms with van der Waals surface area (Å²) in [7, 11) is 0. The van der Waals surface area contributed by atoms with E-state index in [1.54, 1.807) is 11.3 Å². The van der Waals surface area contributed by atoms with Crippen molar-refractivity contribution in [3.63, 3.8) is 0 Å². The van der Waals surface area contributed by atoms with Crippen LogP contribution in [0.15, 0.2) is 4.79 Å². The van der Waals surface area contributed by atoms with E-state index < -0.39 is 0 Å². The lowest BCUT2D eigenvalue weighted by molar-refractivity contribution is 0.0899. The highest BCUT2D eigenvalue weighted by Crippen LogP contribution is 2.25. The maximum Gasteiger partial charge on any atom is 0.259 e. The fourth-order valence-electron chi connectivity index (χ4n) is 2.96. The zero-order valence-electron chi connectivity index (χ0n) is 12.4. The molecule has 3 N–H and O–H groups in total. The summed E-state index contributed by atoms with van der Waals surface area (Å²) >= 11 is 1.56. The van der Waals surface area contributed by atoms with E-state index in [4.69, 9.17) is 0 Å². The van der Waals surface area contributed by atoms with E-state index in [0.29, 0.717) is 17.8 Å². The number of aromatic amines is 1. The molecule has 0 aliphatic heterocycles. The molecular weight excluding hydrogens is 286 g/mol. The number of thiophene rings is 1. The first kappa shape index (κ1) is 14.7. The molecule has 5 nitrogen and oxygen atoms in total. The Balaban J connectivity index is 1.80. The van der Waals surface area contributed by atoms with Crippen LogP contribution in [0.2, 0.25) is 0 Å². The number of rotatable bonds is 3. The van der Waals surface area contributed by atoms with Crippen LogP contribution in [-0.2, 0) is 6.54 Å². The Morgan fingerprint density at radius 3 is 2.90 bits per heavy atom. The monoisotopic (exact) mass is 307 g/mol. The Hall–Kier alpha value is -1.24. The maximum atomic E-state index is 12.2. The molecule has 0 amide bonds. The average Bonchev–Trinajstić information content (AvgIpc) is 2.73. The molecule has 1 saturated carbocycles. The fraction of sp³-hybridized carbons (Fsp3) is 0.600. The van der Waals surface area contributed by atoms with Crippen molar-refractivity contribution in [3.8, 4) is 0 Å². The molecule has 2 unspecified atom stereocenters. The first-order valence-electron chi connectivity index (χ1n) is 7.46. The van der Waals surface area contributed by atoms with Crippen LogP contribution >= 0.6 is 11.3 Å². The molecule has 2 atom stereocenters. The molecule has 1 aliphatic rings. The molecule has 0 radical (unpaired) electrons. The first-order valence-corrected chi connectivity index (χ1v) is 8.28. The predicted octanol–water partition coefficient (Wildman–Crippen LogP) is 1.99. The van der Waals surface area contributed by atoms with Gasteiger partial charge in [-0.1, -0.05) is 12.8 Å². The van der Waals surface area contributed by atoms with Gasteiger partial charge in [-0.25, -0.2) is 4.98 Å². The lowest BCUT2D eigenvalue weighted by atomic mass is 9.93. The Morgan fingerprint density at radius 1 is 1.38 bits per heavy atom. The standard InChI is InChI=1S/C15H21N3O2S/c1-8-9(2)21-15-13(8)14(20)17-12(18-15)7-16-10-5-3-4-6-11(10)19/h10-11,16,19H,3-7H2,1-2H3,(H,17,18,20). The van der Waals surface area contributed by atoms with E-state index >= 15 is 0 Å². The van der Waals surface area contributed by atoms with Gasteiger partial charge in [0.25, 0.3) is 5.56 Å². The average molecular weight is 307 g/mol. The molecule has 0 saturated heterocycles. The number of aliphatic hydroxyl groups is 1.